The summed E-state index contributed by atoms with van der Waals surface area (Å²) in [5.74, 6) is -0.415. The first-order chi connectivity index (χ1) is 17.1. The van der Waals surface area contributed by atoms with Gasteiger partial charge < -0.3 is 10.1 Å². The monoisotopic (exact) mass is 528 g/mol. The van der Waals surface area contributed by atoms with Crippen LogP contribution < -0.4 is 19.8 Å². The van der Waals surface area contributed by atoms with E-state index in [0.717, 1.165) is 16.1 Å². The van der Waals surface area contributed by atoms with E-state index in [-0.39, 0.29) is 12.5 Å². The third kappa shape index (κ3) is 8.40. The van der Waals surface area contributed by atoms with E-state index in [0.29, 0.717) is 27.7 Å². The highest BCUT2D eigenvalue weighted by molar-refractivity contribution is 7.92. The van der Waals surface area contributed by atoms with Crippen LogP contribution in [0.3, 0.4) is 0 Å². The SMILES string of the molecule is Cc1ccc(NC(=O)COc2ccc(/C=N\NC(=O)CN(c3ccc(Cl)cc3)S(C)(=O)=O)cc2)cc1. The fourth-order valence-corrected chi connectivity index (χ4v) is 3.97. The summed E-state index contributed by atoms with van der Waals surface area (Å²) in [7, 11) is -3.70. The number of halogens is 1. The number of ether oxygens (including phenoxy) is 1. The second-order valence-electron chi connectivity index (χ2n) is 7.81. The molecule has 3 aromatic carbocycles. The zero-order chi connectivity index (χ0) is 26.1. The molecule has 0 aromatic heterocycles. The average Bonchev–Trinajstić information content (AvgIpc) is 2.83. The molecule has 0 fully saturated rings. The molecule has 0 spiro atoms. The molecule has 0 saturated heterocycles. The molecule has 188 valence electrons. The number of carbonyl (C=O) groups excluding carboxylic acids is 2. The van der Waals surface area contributed by atoms with Gasteiger partial charge in [0.15, 0.2) is 6.61 Å². The lowest BCUT2D eigenvalue weighted by Gasteiger charge is -2.21. The van der Waals surface area contributed by atoms with Crippen LogP contribution in [0.25, 0.3) is 0 Å². The van der Waals surface area contributed by atoms with E-state index in [1.54, 1.807) is 24.3 Å². The number of hydrogen-bond donors (Lipinski definition) is 2. The van der Waals surface area contributed by atoms with Gasteiger partial charge in [0.2, 0.25) is 10.0 Å². The van der Waals surface area contributed by atoms with E-state index < -0.39 is 22.5 Å². The number of aryl methyl sites for hydroxylation is 1. The van der Waals surface area contributed by atoms with Crippen molar-refractivity contribution in [3.8, 4) is 5.75 Å². The highest BCUT2D eigenvalue weighted by Gasteiger charge is 2.20. The van der Waals surface area contributed by atoms with Crippen molar-refractivity contribution in [2.45, 2.75) is 6.92 Å². The molecule has 0 aliphatic heterocycles. The maximum absolute atomic E-state index is 12.3. The van der Waals surface area contributed by atoms with Gasteiger partial charge in [0.05, 0.1) is 18.2 Å². The zero-order valence-electron chi connectivity index (χ0n) is 19.6. The average molecular weight is 529 g/mol. The Labute approximate surface area is 214 Å². The van der Waals surface area contributed by atoms with Gasteiger partial charge in [-0.05, 0) is 73.2 Å². The third-order valence-electron chi connectivity index (χ3n) is 4.79. The number of rotatable bonds is 10. The van der Waals surface area contributed by atoms with Crippen molar-refractivity contribution in [2.75, 3.05) is 29.0 Å². The summed E-state index contributed by atoms with van der Waals surface area (Å²) in [5.41, 5.74) is 5.07. The summed E-state index contributed by atoms with van der Waals surface area (Å²) in [6.07, 6.45) is 2.41. The van der Waals surface area contributed by atoms with Gasteiger partial charge in [0.25, 0.3) is 11.8 Å². The van der Waals surface area contributed by atoms with Crippen LogP contribution in [0.2, 0.25) is 5.02 Å². The molecule has 0 saturated carbocycles. The Kier molecular flexibility index (Phi) is 9.04. The first-order valence-electron chi connectivity index (χ1n) is 10.7. The van der Waals surface area contributed by atoms with Crippen molar-refractivity contribution in [1.82, 2.24) is 5.43 Å². The molecule has 0 aliphatic rings. The van der Waals surface area contributed by atoms with Crippen LogP contribution in [-0.4, -0.2) is 45.9 Å². The van der Waals surface area contributed by atoms with Gasteiger partial charge >= 0.3 is 0 Å². The number of nitrogens with zero attached hydrogens (tertiary/aromatic N) is 2. The van der Waals surface area contributed by atoms with Crippen LogP contribution in [0.5, 0.6) is 5.75 Å². The molecule has 2 N–H and O–H groups in total. The predicted octanol–water partition coefficient (Wildman–Crippen LogP) is 3.58. The maximum atomic E-state index is 12.3. The topological polar surface area (TPSA) is 117 Å². The lowest BCUT2D eigenvalue weighted by molar-refractivity contribution is -0.119. The molecule has 0 unspecified atom stereocenters. The maximum Gasteiger partial charge on any atom is 0.262 e. The fourth-order valence-electron chi connectivity index (χ4n) is 2.98. The first kappa shape index (κ1) is 26.7. The number of carbonyl (C=O) groups is 2. The van der Waals surface area contributed by atoms with Crippen molar-refractivity contribution in [3.05, 3.63) is 88.9 Å². The highest BCUT2D eigenvalue weighted by Crippen LogP contribution is 2.20. The molecule has 0 aliphatic carbocycles. The van der Waals surface area contributed by atoms with Crippen LogP contribution >= 0.6 is 11.6 Å². The van der Waals surface area contributed by atoms with Crippen LogP contribution in [0.15, 0.2) is 77.9 Å². The molecule has 36 heavy (non-hydrogen) atoms. The Morgan fingerprint density at radius 2 is 1.61 bits per heavy atom. The van der Waals surface area contributed by atoms with Crippen molar-refractivity contribution < 1.29 is 22.7 Å². The van der Waals surface area contributed by atoms with Gasteiger partial charge in [0, 0.05) is 10.7 Å². The molecule has 11 heteroatoms. The van der Waals surface area contributed by atoms with Gasteiger partial charge in [-0.3, -0.25) is 13.9 Å². The largest absolute Gasteiger partial charge is 0.484 e. The van der Waals surface area contributed by atoms with Crippen LogP contribution in [0, 0.1) is 6.92 Å². The number of amides is 2. The Morgan fingerprint density at radius 1 is 0.972 bits per heavy atom. The van der Waals surface area contributed by atoms with Crippen molar-refractivity contribution in [3.63, 3.8) is 0 Å². The number of sulfonamides is 1. The smallest absolute Gasteiger partial charge is 0.262 e. The predicted molar refractivity (Wildman–Crippen MR) is 141 cm³/mol. The van der Waals surface area contributed by atoms with Gasteiger partial charge in [-0.15, -0.1) is 0 Å². The van der Waals surface area contributed by atoms with Gasteiger partial charge in [-0.25, -0.2) is 13.8 Å². The standard InChI is InChI=1S/C25H25ClN4O5S/c1-18-3-9-21(10-4-18)28-25(32)17-35-23-13-5-19(6-14-23)15-27-29-24(31)16-30(36(2,33)34)22-11-7-20(26)8-12-22/h3-15H,16-17H2,1-2H3,(H,28,32)(H,29,31)/b27-15-. The minimum absolute atomic E-state index is 0.151. The number of benzene rings is 3. The van der Waals surface area contributed by atoms with E-state index in [1.165, 1.54) is 30.5 Å². The van der Waals surface area contributed by atoms with Crippen molar-refractivity contribution in [2.24, 2.45) is 5.10 Å². The zero-order valence-corrected chi connectivity index (χ0v) is 21.2. The van der Waals surface area contributed by atoms with Gasteiger partial charge in [-0.2, -0.15) is 5.10 Å². The second kappa shape index (κ2) is 12.2. The minimum atomic E-state index is -3.70. The van der Waals surface area contributed by atoms with E-state index in [4.69, 9.17) is 16.3 Å². The number of anilines is 2. The van der Waals surface area contributed by atoms with Crippen molar-refractivity contribution in [1.29, 1.82) is 0 Å². The normalized spacial score (nSPS) is 11.2. The summed E-state index contributed by atoms with van der Waals surface area (Å²) in [6, 6.07) is 20.2. The quantitative estimate of drug-likeness (QED) is 0.308. The van der Waals surface area contributed by atoms with Gasteiger partial charge in [-0.1, -0.05) is 29.3 Å². The molecule has 9 nitrogen and oxygen atoms in total. The van der Waals surface area contributed by atoms with E-state index >= 15 is 0 Å². The van der Waals surface area contributed by atoms with E-state index in [2.05, 4.69) is 15.8 Å². The third-order valence-corrected chi connectivity index (χ3v) is 6.18. The molecular formula is C25H25ClN4O5S. The molecule has 0 radical (unpaired) electrons. The summed E-state index contributed by atoms with van der Waals surface area (Å²) < 4.78 is 30.7. The summed E-state index contributed by atoms with van der Waals surface area (Å²) in [4.78, 5) is 24.3. The van der Waals surface area contributed by atoms with E-state index in [9.17, 15) is 18.0 Å². The second-order valence-corrected chi connectivity index (χ2v) is 10.2. The molecular weight excluding hydrogens is 504 g/mol. The lowest BCUT2D eigenvalue weighted by Crippen LogP contribution is -2.38. The summed E-state index contributed by atoms with van der Waals surface area (Å²) >= 11 is 5.85. The molecule has 2 amide bonds. The summed E-state index contributed by atoms with van der Waals surface area (Å²) in [6.45, 7) is 1.36. The fraction of sp³-hybridized carbons (Fsp3) is 0.160. The summed E-state index contributed by atoms with van der Waals surface area (Å²) in [5, 5.41) is 7.07. The molecule has 0 heterocycles. The van der Waals surface area contributed by atoms with Crippen LogP contribution in [-0.2, 0) is 19.6 Å². The first-order valence-corrected chi connectivity index (χ1v) is 13.0. The molecule has 3 aromatic rings. The van der Waals surface area contributed by atoms with Crippen LogP contribution in [0.1, 0.15) is 11.1 Å². The van der Waals surface area contributed by atoms with Gasteiger partial charge in [0.1, 0.15) is 12.3 Å². The number of hydrogen-bond acceptors (Lipinski definition) is 6. The Hall–Kier alpha value is -3.89. The Balaban J connectivity index is 1.48. The number of hydrazone groups is 1. The molecule has 0 bridgehead atoms. The Bertz CT molecular complexity index is 1330. The Morgan fingerprint density at radius 3 is 2.22 bits per heavy atom. The van der Waals surface area contributed by atoms with E-state index in [1.807, 2.05) is 31.2 Å². The highest BCUT2D eigenvalue weighted by atomic mass is 35.5. The molecule has 0 atom stereocenters. The number of nitrogens with one attached hydrogen (secondary N) is 2. The molecule has 3 rings (SSSR count). The minimum Gasteiger partial charge on any atom is -0.484 e. The van der Waals surface area contributed by atoms with Crippen LogP contribution in [0.4, 0.5) is 11.4 Å². The van der Waals surface area contributed by atoms with Crippen molar-refractivity contribution >= 4 is 51.0 Å². The lowest BCUT2D eigenvalue weighted by atomic mass is 10.2.